The van der Waals surface area contributed by atoms with Gasteiger partial charge in [0.1, 0.15) is 0 Å². The first kappa shape index (κ1) is 12.3. The van der Waals surface area contributed by atoms with Crippen molar-refractivity contribution in [2.45, 2.75) is 13.3 Å². The second-order valence-corrected chi connectivity index (χ2v) is 4.07. The van der Waals surface area contributed by atoms with Crippen LogP contribution in [0.1, 0.15) is 21.6 Å². The minimum atomic E-state index is -1.08. The molecular weight excluding hydrogens is 232 g/mol. The topological polar surface area (TPSA) is 75.4 Å². The molecule has 2 rings (SSSR count). The van der Waals surface area contributed by atoms with E-state index in [9.17, 15) is 4.79 Å². The van der Waals surface area contributed by atoms with Crippen LogP contribution in [0.25, 0.3) is 5.69 Å². The van der Waals surface area contributed by atoms with Crippen molar-refractivity contribution in [2.75, 3.05) is 6.61 Å². The van der Waals surface area contributed by atoms with Gasteiger partial charge in [-0.05, 0) is 31.0 Å². The fourth-order valence-electron chi connectivity index (χ4n) is 1.80. The Morgan fingerprint density at radius 2 is 2.22 bits per heavy atom. The minimum Gasteiger partial charge on any atom is -0.476 e. The van der Waals surface area contributed by atoms with Gasteiger partial charge >= 0.3 is 5.97 Å². The lowest BCUT2D eigenvalue weighted by Gasteiger charge is -2.01. The Morgan fingerprint density at radius 3 is 2.83 bits per heavy atom. The molecule has 0 radical (unpaired) electrons. The standard InChI is InChI=1S/C13H14N2O3/c1-9-3-2-4-11(7-9)15-8-10(5-6-16)12(14-15)13(17)18/h2-4,7-8,16H,5-6H2,1H3,(H,17,18). The highest BCUT2D eigenvalue weighted by Gasteiger charge is 2.15. The third kappa shape index (κ3) is 2.41. The summed E-state index contributed by atoms with van der Waals surface area (Å²) in [5.41, 5.74) is 2.40. The molecule has 0 aliphatic heterocycles. The average molecular weight is 246 g/mol. The lowest BCUT2D eigenvalue weighted by molar-refractivity contribution is 0.0688. The first-order chi connectivity index (χ1) is 8.61. The van der Waals surface area contributed by atoms with Gasteiger partial charge in [0.2, 0.25) is 0 Å². The zero-order chi connectivity index (χ0) is 13.1. The van der Waals surface area contributed by atoms with E-state index in [1.165, 1.54) is 4.68 Å². The summed E-state index contributed by atoms with van der Waals surface area (Å²) in [6, 6.07) is 7.62. The Labute approximate surface area is 104 Å². The molecule has 5 heteroatoms. The van der Waals surface area contributed by atoms with Crippen LogP contribution in [0.3, 0.4) is 0 Å². The highest BCUT2D eigenvalue weighted by molar-refractivity contribution is 5.87. The zero-order valence-electron chi connectivity index (χ0n) is 10.00. The molecule has 5 nitrogen and oxygen atoms in total. The summed E-state index contributed by atoms with van der Waals surface area (Å²) in [4.78, 5) is 11.1. The van der Waals surface area contributed by atoms with Gasteiger partial charge in [0.15, 0.2) is 5.69 Å². The van der Waals surface area contributed by atoms with E-state index in [1.54, 1.807) is 6.20 Å². The van der Waals surface area contributed by atoms with E-state index in [0.717, 1.165) is 11.3 Å². The van der Waals surface area contributed by atoms with Crippen molar-refractivity contribution in [3.05, 3.63) is 47.3 Å². The molecule has 0 aliphatic carbocycles. The molecule has 0 spiro atoms. The van der Waals surface area contributed by atoms with E-state index in [2.05, 4.69) is 5.10 Å². The normalized spacial score (nSPS) is 10.6. The Bertz CT molecular complexity index is 575. The van der Waals surface area contributed by atoms with E-state index in [-0.39, 0.29) is 18.7 Å². The number of nitrogens with zero attached hydrogens (tertiary/aromatic N) is 2. The molecule has 0 atom stereocenters. The van der Waals surface area contributed by atoms with Crippen LogP contribution in [0.5, 0.6) is 0 Å². The molecule has 94 valence electrons. The van der Waals surface area contributed by atoms with E-state index in [1.807, 2.05) is 31.2 Å². The Hall–Kier alpha value is -2.14. The molecule has 1 heterocycles. The number of aryl methyl sites for hydroxylation is 1. The highest BCUT2D eigenvalue weighted by Crippen LogP contribution is 2.14. The van der Waals surface area contributed by atoms with Crippen LogP contribution < -0.4 is 0 Å². The summed E-state index contributed by atoms with van der Waals surface area (Å²) < 4.78 is 1.53. The summed E-state index contributed by atoms with van der Waals surface area (Å²) in [6.07, 6.45) is 1.93. The number of hydrogen-bond donors (Lipinski definition) is 2. The summed E-state index contributed by atoms with van der Waals surface area (Å²) in [5, 5.41) is 22.0. The molecule has 0 bridgehead atoms. The molecule has 1 aromatic heterocycles. The first-order valence-corrected chi connectivity index (χ1v) is 5.61. The second-order valence-electron chi connectivity index (χ2n) is 4.07. The second kappa shape index (κ2) is 5.01. The molecule has 2 aromatic rings. The van der Waals surface area contributed by atoms with Gasteiger partial charge in [-0.3, -0.25) is 0 Å². The number of aromatic nitrogens is 2. The SMILES string of the molecule is Cc1cccc(-n2cc(CCO)c(C(=O)O)n2)c1. The minimum absolute atomic E-state index is 0.00874. The lowest BCUT2D eigenvalue weighted by atomic mass is 10.2. The summed E-state index contributed by atoms with van der Waals surface area (Å²) in [6.45, 7) is 1.86. The van der Waals surface area contributed by atoms with Crippen LogP contribution in [0.15, 0.2) is 30.5 Å². The van der Waals surface area contributed by atoms with Crippen molar-refractivity contribution in [3.63, 3.8) is 0 Å². The number of aromatic carboxylic acids is 1. The van der Waals surface area contributed by atoms with Crippen LogP contribution in [-0.4, -0.2) is 32.6 Å². The Morgan fingerprint density at radius 1 is 1.44 bits per heavy atom. The number of rotatable bonds is 4. The van der Waals surface area contributed by atoms with Gasteiger partial charge in [0.25, 0.3) is 0 Å². The Balaban J connectivity index is 2.46. The van der Waals surface area contributed by atoms with E-state index < -0.39 is 5.97 Å². The van der Waals surface area contributed by atoms with Gasteiger partial charge in [-0.1, -0.05) is 12.1 Å². The van der Waals surface area contributed by atoms with Crippen LogP contribution in [-0.2, 0) is 6.42 Å². The molecule has 0 saturated heterocycles. The summed E-state index contributed by atoms with van der Waals surface area (Å²) in [7, 11) is 0. The third-order valence-corrected chi connectivity index (χ3v) is 2.64. The largest absolute Gasteiger partial charge is 0.476 e. The van der Waals surface area contributed by atoms with Gasteiger partial charge in [-0.25, -0.2) is 9.48 Å². The third-order valence-electron chi connectivity index (χ3n) is 2.64. The number of carboxylic acid groups (broad SMARTS) is 1. The number of aliphatic hydroxyl groups excluding tert-OH is 1. The maximum atomic E-state index is 11.1. The van der Waals surface area contributed by atoms with Crippen molar-refractivity contribution in [1.29, 1.82) is 0 Å². The number of carboxylic acids is 1. The van der Waals surface area contributed by atoms with Gasteiger partial charge in [0, 0.05) is 18.4 Å². The number of hydrogen-bond acceptors (Lipinski definition) is 3. The van der Waals surface area contributed by atoms with Crippen molar-refractivity contribution in [3.8, 4) is 5.69 Å². The molecule has 0 unspecified atom stereocenters. The fourth-order valence-corrected chi connectivity index (χ4v) is 1.80. The molecule has 0 amide bonds. The monoisotopic (exact) mass is 246 g/mol. The van der Waals surface area contributed by atoms with Crippen LogP contribution in [0, 0.1) is 6.92 Å². The number of aliphatic hydroxyl groups is 1. The average Bonchev–Trinajstić information content (AvgIpc) is 2.74. The number of carbonyl (C=O) groups is 1. The molecule has 1 aromatic carbocycles. The molecule has 0 saturated carbocycles. The zero-order valence-corrected chi connectivity index (χ0v) is 10.00. The molecule has 2 N–H and O–H groups in total. The van der Waals surface area contributed by atoms with Crippen LogP contribution >= 0.6 is 0 Å². The molecule has 0 aliphatic rings. The maximum absolute atomic E-state index is 11.1. The van der Waals surface area contributed by atoms with Crippen LogP contribution in [0.2, 0.25) is 0 Å². The predicted octanol–water partition coefficient (Wildman–Crippen LogP) is 1.41. The Kier molecular flexibility index (Phi) is 3.43. The summed E-state index contributed by atoms with van der Waals surface area (Å²) >= 11 is 0. The lowest BCUT2D eigenvalue weighted by Crippen LogP contribution is -2.03. The van der Waals surface area contributed by atoms with Crippen molar-refractivity contribution >= 4 is 5.97 Å². The highest BCUT2D eigenvalue weighted by atomic mass is 16.4. The van der Waals surface area contributed by atoms with Crippen molar-refractivity contribution < 1.29 is 15.0 Å². The van der Waals surface area contributed by atoms with Crippen molar-refractivity contribution in [2.24, 2.45) is 0 Å². The smallest absolute Gasteiger partial charge is 0.356 e. The van der Waals surface area contributed by atoms with E-state index >= 15 is 0 Å². The number of benzene rings is 1. The van der Waals surface area contributed by atoms with Crippen LogP contribution in [0.4, 0.5) is 0 Å². The predicted molar refractivity (Wildman–Crippen MR) is 66.1 cm³/mol. The molecule has 0 fully saturated rings. The van der Waals surface area contributed by atoms with Gasteiger partial charge in [-0.2, -0.15) is 5.10 Å². The van der Waals surface area contributed by atoms with E-state index in [4.69, 9.17) is 10.2 Å². The fraction of sp³-hybridized carbons (Fsp3) is 0.231. The van der Waals surface area contributed by atoms with Crippen molar-refractivity contribution in [1.82, 2.24) is 9.78 Å². The first-order valence-electron chi connectivity index (χ1n) is 5.61. The van der Waals surface area contributed by atoms with Gasteiger partial charge in [-0.15, -0.1) is 0 Å². The maximum Gasteiger partial charge on any atom is 0.356 e. The van der Waals surface area contributed by atoms with Gasteiger partial charge in [0.05, 0.1) is 5.69 Å². The van der Waals surface area contributed by atoms with E-state index in [0.29, 0.717) is 5.56 Å². The summed E-state index contributed by atoms with van der Waals surface area (Å²) in [5.74, 6) is -1.08. The molecule has 18 heavy (non-hydrogen) atoms. The quantitative estimate of drug-likeness (QED) is 0.855. The van der Waals surface area contributed by atoms with Gasteiger partial charge < -0.3 is 10.2 Å². The molecular formula is C13H14N2O3.